The van der Waals surface area contributed by atoms with Crippen LogP contribution in [0.15, 0.2) is 47.2 Å². The van der Waals surface area contributed by atoms with Crippen molar-refractivity contribution in [1.82, 2.24) is 9.88 Å². The summed E-state index contributed by atoms with van der Waals surface area (Å²) in [6.07, 6.45) is 5.67. The van der Waals surface area contributed by atoms with Crippen molar-refractivity contribution in [3.8, 4) is 0 Å². The number of halogens is 1. The summed E-state index contributed by atoms with van der Waals surface area (Å²) >= 11 is 3.54. The van der Waals surface area contributed by atoms with Gasteiger partial charge in [-0.2, -0.15) is 0 Å². The van der Waals surface area contributed by atoms with Crippen molar-refractivity contribution in [3.63, 3.8) is 0 Å². The van der Waals surface area contributed by atoms with E-state index in [1.165, 1.54) is 0 Å². The highest BCUT2D eigenvalue weighted by Crippen LogP contribution is 2.34. The fourth-order valence-electron chi connectivity index (χ4n) is 2.90. The first kappa shape index (κ1) is 14.3. The number of hydrogen-bond acceptors (Lipinski definition) is 2. The minimum atomic E-state index is 0.0944. The molecule has 1 atom stereocenters. The molecule has 1 aliphatic heterocycles. The Bertz CT molecular complexity index is 657. The molecule has 108 valence electrons. The van der Waals surface area contributed by atoms with E-state index < -0.39 is 0 Å². The molecule has 1 unspecified atom stereocenters. The van der Waals surface area contributed by atoms with Crippen LogP contribution in [-0.4, -0.2) is 22.3 Å². The van der Waals surface area contributed by atoms with Gasteiger partial charge in [0.1, 0.15) is 0 Å². The Labute approximate surface area is 133 Å². The summed E-state index contributed by atoms with van der Waals surface area (Å²) in [4.78, 5) is 19.0. The molecular formula is C17H17BrN2O. The monoisotopic (exact) mass is 344 g/mol. The van der Waals surface area contributed by atoms with E-state index in [2.05, 4.69) is 27.0 Å². The SMILES string of the molecule is Cc1cccc(C(=O)N2CCCC2c2cccnc2)c1Br. The fraction of sp³-hybridized carbons (Fsp3) is 0.294. The quantitative estimate of drug-likeness (QED) is 0.820. The smallest absolute Gasteiger partial charge is 0.255 e. The van der Waals surface area contributed by atoms with E-state index in [-0.39, 0.29) is 11.9 Å². The molecule has 0 bridgehead atoms. The van der Waals surface area contributed by atoms with Gasteiger partial charge in [0.2, 0.25) is 0 Å². The van der Waals surface area contributed by atoms with Gasteiger partial charge in [-0.1, -0.05) is 18.2 Å². The third-order valence-electron chi connectivity index (χ3n) is 4.01. The second-order valence-corrected chi connectivity index (χ2v) is 6.17. The van der Waals surface area contributed by atoms with Crippen molar-refractivity contribution < 1.29 is 4.79 Å². The van der Waals surface area contributed by atoms with Crippen LogP contribution in [0.2, 0.25) is 0 Å². The summed E-state index contributed by atoms with van der Waals surface area (Å²) < 4.78 is 0.895. The Kier molecular flexibility index (Phi) is 4.06. The first-order chi connectivity index (χ1) is 10.2. The first-order valence-corrected chi connectivity index (χ1v) is 7.94. The number of aryl methyl sites for hydroxylation is 1. The summed E-state index contributed by atoms with van der Waals surface area (Å²) in [7, 11) is 0. The minimum Gasteiger partial charge on any atom is -0.332 e. The van der Waals surface area contributed by atoms with E-state index in [4.69, 9.17) is 0 Å². The average Bonchev–Trinajstić information content (AvgIpc) is 3.00. The summed E-state index contributed by atoms with van der Waals surface area (Å²) in [5.74, 6) is 0.0944. The maximum absolute atomic E-state index is 12.9. The lowest BCUT2D eigenvalue weighted by atomic mass is 10.1. The highest BCUT2D eigenvalue weighted by molar-refractivity contribution is 9.10. The van der Waals surface area contributed by atoms with E-state index in [1.54, 1.807) is 6.20 Å². The summed E-state index contributed by atoms with van der Waals surface area (Å²) in [6, 6.07) is 9.94. The van der Waals surface area contributed by atoms with Crippen molar-refractivity contribution >= 4 is 21.8 Å². The number of nitrogens with zero attached hydrogens (tertiary/aromatic N) is 2. The molecule has 1 amide bonds. The van der Waals surface area contributed by atoms with Crippen LogP contribution in [-0.2, 0) is 0 Å². The van der Waals surface area contributed by atoms with Gasteiger partial charge in [-0.05, 0) is 59.0 Å². The summed E-state index contributed by atoms with van der Waals surface area (Å²) in [5.41, 5.74) is 2.94. The zero-order chi connectivity index (χ0) is 14.8. The third kappa shape index (κ3) is 2.72. The van der Waals surface area contributed by atoms with Crippen LogP contribution in [0.5, 0.6) is 0 Å². The topological polar surface area (TPSA) is 33.2 Å². The first-order valence-electron chi connectivity index (χ1n) is 7.14. The van der Waals surface area contributed by atoms with Gasteiger partial charge in [-0.3, -0.25) is 9.78 Å². The molecule has 0 saturated carbocycles. The second-order valence-electron chi connectivity index (χ2n) is 5.38. The average molecular weight is 345 g/mol. The van der Waals surface area contributed by atoms with E-state index in [1.807, 2.05) is 42.3 Å². The molecule has 2 aromatic rings. The fourth-order valence-corrected chi connectivity index (χ4v) is 3.33. The second kappa shape index (κ2) is 5.98. The molecule has 0 aliphatic carbocycles. The van der Waals surface area contributed by atoms with E-state index >= 15 is 0 Å². The number of rotatable bonds is 2. The van der Waals surface area contributed by atoms with Gasteiger partial charge in [0.05, 0.1) is 11.6 Å². The number of carbonyl (C=O) groups is 1. The maximum Gasteiger partial charge on any atom is 0.255 e. The number of benzene rings is 1. The Hall–Kier alpha value is -1.68. The lowest BCUT2D eigenvalue weighted by Gasteiger charge is -2.25. The number of amides is 1. The molecule has 21 heavy (non-hydrogen) atoms. The van der Waals surface area contributed by atoms with E-state index in [0.29, 0.717) is 0 Å². The van der Waals surface area contributed by atoms with Gasteiger partial charge in [-0.15, -0.1) is 0 Å². The highest BCUT2D eigenvalue weighted by atomic mass is 79.9. The Balaban J connectivity index is 1.92. The third-order valence-corrected chi connectivity index (χ3v) is 5.06. The molecule has 2 heterocycles. The van der Waals surface area contributed by atoms with Crippen LogP contribution in [0, 0.1) is 6.92 Å². The lowest BCUT2D eigenvalue weighted by Crippen LogP contribution is -2.31. The van der Waals surface area contributed by atoms with Crippen LogP contribution in [0.3, 0.4) is 0 Å². The Morgan fingerprint density at radius 3 is 2.95 bits per heavy atom. The summed E-state index contributed by atoms with van der Waals surface area (Å²) in [5, 5.41) is 0. The van der Waals surface area contributed by atoms with Crippen LogP contribution in [0.1, 0.15) is 40.4 Å². The van der Waals surface area contributed by atoms with Gasteiger partial charge >= 0.3 is 0 Å². The van der Waals surface area contributed by atoms with E-state index in [0.717, 1.165) is 40.5 Å². The lowest BCUT2D eigenvalue weighted by molar-refractivity contribution is 0.0734. The van der Waals surface area contributed by atoms with Crippen molar-refractivity contribution in [1.29, 1.82) is 0 Å². The molecule has 1 aromatic carbocycles. The van der Waals surface area contributed by atoms with Crippen LogP contribution in [0.4, 0.5) is 0 Å². The maximum atomic E-state index is 12.9. The molecule has 1 aliphatic rings. The molecular weight excluding hydrogens is 328 g/mol. The highest BCUT2D eigenvalue weighted by Gasteiger charge is 2.31. The van der Waals surface area contributed by atoms with Crippen molar-refractivity contribution in [2.24, 2.45) is 0 Å². The van der Waals surface area contributed by atoms with Crippen molar-refractivity contribution in [2.75, 3.05) is 6.54 Å². The molecule has 0 N–H and O–H groups in total. The molecule has 1 fully saturated rings. The predicted molar refractivity (Wildman–Crippen MR) is 86.1 cm³/mol. The van der Waals surface area contributed by atoms with Gasteiger partial charge in [-0.25, -0.2) is 0 Å². The van der Waals surface area contributed by atoms with Gasteiger partial charge in [0.25, 0.3) is 5.91 Å². The summed E-state index contributed by atoms with van der Waals surface area (Å²) in [6.45, 7) is 2.81. The van der Waals surface area contributed by atoms with Gasteiger partial charge in [0, 0.05) is 23.4 Å². The van der Waals surface area contributed by atoms with Crippen molar-refractivity contribution in [2.45, 2.75) is 25.8 Å². The minimum absolute atomic E-state index is 0.0944. The standard InChI is InChI=1S/C17H17BrN2O/c1-12-5-2-7-14(16(12)18)17(21)20-10-4-8-15(20)13-6-3-9-19-11-13/h2-3,5-7,9,11,15H,4,8,10H2,1H3. The molecule has 3 nitrogen and oxygen atoms in total. The van der Waals surface area contributed by atoms with Gasteiger partial charge in [0.15, 0.2) is 0 Å². The molecule has 0 radical (unpaired) electrons. The normalized spacial score (nSPS) is 18.0. The molecule has 3 rings (SSSR count). The number of aromatic nitrogens is 1. The molecule has 4 heteroatoms. The number of carbonyl (C=O) groups excluding carboxylic acids is 1. The van der Waals surface area contributed by atoms with Gasteiger partial charge < -0.3 is 4.90 Å². The number of likely N-dealkylation sites (tertiary alicyclic amines) is 1. The van der Waals surface area contributed by atoms with Crippen molar-refractivity contribution in [3.05, 3.63) is 63.9 Å². The van der Waals surface area contributed by atoms with E-state index in [9.17, 15) is 4.79 Å². The predicted octanol–water partition coefficient (Wildman–Crippen LogP) is 4.13. The Morgan fingerprint density at radius 1 is 1.33 bits per heavy atom. The molecule has 1 aromatic heterocycles. The number of pyridine rings is 1. The van der Waals surface area contributed by atoms with Crippen LogP contribution in [0.25, 0.3) is 0 Å². The number of hydrogen-bond donors (Lipinski definition) is 0. The molecule has 1 saturated heterocycles. The Morgan fingerprint density at radius 2 is 2.19 bits per heavy atom. The molecule has 0 spiro atoms. The van der Waals surface area contributed by atoms with Crippen LogP contribution < -0.4 is 0 Å². The van der Waals surface area contributed by atoms with Crippen LogP contribution >= 0.6 is 15.9 Å². The zero-order valence-electron chi connectivity index (χ0n) is 11.9. The zero-order valence-corrected chi connectivity index (χ0v) is 13.5. The largest absolute Gasteiger partial charge is 0.332 e.